The lowest BCUT2D eigenvalue weighted by Crippen LogP contribution is -2.35. The predicted octanol–water partition coefficient (Wildman–Crippen LogP) is 2.14. The van der Waals surface area contributed by atoms with E-state index in [0.29, 0.717) is 25.4 Å². The topological polar surface area (TPSA) is 78.9 Å². The third-order valence-corrected chi connectivity index (χ3v) is 3.74. The van der Waals surface area contributed by atoms with E-state index in [-0.39, 0.29) is 11.7 Å². The van der Waals surface area contributed by atoms with Gasteiger partial charge in [0.05, 0.1) is 0 Å². The number of carbonyl (C=O) groups excluding carboxylic acids is 1. The third kappa shape index (κ3) is 5.10. The van der Waals surface area contributed by atoms with Crippen LogP contribution in [-0.2, 0) is 11.2 Å². The van der Waals surface area contributed by atoms with Crippen LogP contribution in [-0.4, -0.2) is 34.4 Å². The fourth-order valence-electron chi connectivity index (χ4n) is 2.41. The molecule has 3 N–H and O–H groups in total. The number of aryl methyl sites for hydroxylation is 1. The molecule has 5 nitrogen and oxygen atoms in total. The molecule has 1 aromatic rings. The van der Waals surface area contributed by atoms with Crippen molar-refractivity contribution in [2.45, 2.75) is 44.6 Å². The molecule has 0 saturated heterocycles. The van der Waals surface area contributed by atoms with Gasteiger partial charge in [0.25, 0.3) is 0 Å². The molecule has 0 aromatic heterocycles. The number of benzene rings is 1. The van der Waals surface area contributed by atoms with Crippen molar-refractivity contribution in [3.63, 3.8) is 0 Å². The number of oxime groups is 1. The molecule has 21 heavy (non-hydrogen) atoms. The maximum Gasteiger partial charge on any atom is 0.222 e. The molecule has 0 unspecified atom stereocenters. The highest BCUT2D eigenvalue weighted by molar-refractivity contribution is 5.81. The minimum atomic E-state index is 0.178. The molecule has 2 rings (SSSR count). The number of amidine groups is 1. The molecule has 0 radical (unpaired) electrons. The molecule has 5 heteroatoms. The van der Waals surface area contributed by atoms with Crippen LogP contribution >= 0.6 is 0 Å². The van der Waals surface area contributed by atoms with Crippen molar-refractivity contribution in [3.05, 3.63) is 35.9 Å². The maximum absolute atomic E-state index is 12.3. The molecule has 1 saturated carbocycles. The Labute approximate surface area is 125 Å². The summed E-state index contributed by atoms with van der Waals surface area (Å²) in [4.78, 5) is 14.2. The van der Waals surface area contributed by atoms with E-state index in [1.54, 1.807) is 0 Å². The first-order chi connectivity index (χ1) is 10.2. The maximum atomic E-state index is 12.3. The molecule has 1 fully saturated rings. The minimum absolute atomic E-state index is 0.178. The quantitative estimate of drug-likeness (QED) is 0.333. The molecular weight excluding hydrogens is 266 g/mol. The highest BCUT2D eigenvalue weighted by Gasteiger charge is 2.31. The number of rotatable bonds is 8. The summed E-state index contributed by atoms with van der Waals surface area (Å²) >= 11 is 0. The van der Waals surface area contributed by atoms with Crippen LogP contribution in [0.5, 0.6) is 0 Å². The van der Waals surface area contributed by atoms with Crippen molar-refractivity contribution in [1.29, 1.82) is 0 Å². The summed E-state index contributed by atoms with van der Waals surface area (Å²) in [6, 6.07) is 10.6. The van der Waals surface area contributed by atoms with Crippen LogP contribution in [0.15, 0.2) is 35.5 Å². The molecule has 1 amide bonds. The summed E-state index contributed by atoms with van der Waals surface area (Å²) in [6.07, 6.45) is 4.90. The Morgan fingerprint density at radius 1 is 1.29 bits per heavy atom. The Kier molecular flexibility index (Phi) is 5.60. The first kappa shape index (κ1) is 15.4. The van der Waals surface area contributed by atoms with Crippen LogP contribution in [0.25, 0.3) is 0 Å². The first-order valence-electron chi connectivity index (χ1n) is 7.50. The van der Waals surface area contributed by atoms with E-state index < -0.39 is 0 Å². The highest BCUT2D eigenvalue weighted by Crippen LogP contribution is 2.27. The second kappa shape index (κ2) is 7.67. The minimum Gasteiger partial charge on any atom is -0.409 e. The molecule has 0 aliphatic heterocycles. The normalized spacial score (nSPS) is 15.0. The van der Waals surface area contributed by atoms with Gasteiger partial charge in [-0.15, -0.1) is 0 Å². The Bertz CT molecular complexity index is 484. The fourth-order valence-corrected chi connectivity index (χ4v) is 2.41. The molecule has 0 spiro atoms. The molecule has 0 bridgehead atoms. The van der Waals surface area contributed by atoms with Crippen molar-refractivity contribution in [2.24, 2.45) is 10.9 Å². The van der Waals surface area contributed by atoms with Crippen molar-refractivity contribution >= 4 is 11.7 Å². The van der Waals surface area contributed by atoms with Gasteiger partial charge in [-0.2, -0.15) is 0 Å². The van der Waals surface area contributed by atoms with Crippen LogP contribution < -0.4 is 5.73 Å². The van der Waals surface area contributed by atoms with Crippen LogP contribution in [0.3, 0.4) is 0 Å². The predicted molar refractivity (Wildman–Crippen MR) is 82.1 cm³/mol. The number of amides is 1. The SMILES string of the molecule is NC(CCN(C(=O)CCCc1ccccc1)C1CC1)=NO. The number of carbonyl (C=O) groups is 1. The Morgan fingerprint density at radius 2 is 2.00 bits per heavy atom. The van der Waals surface area contributed by atoms with E-state index in [2.05, 4.69) is 17.3 Å². The summed E-state index contributed by atoms with van der Waals surface area (Å²) in [5, 5.41) is 11.5. The lowest BCUT2D eigenvalue weighted by molar-refractivity contribution is -0.131. The second-order valence-corrected chi connectivity index (χ2v) is 5.50. The molecule has 0 heterocycles. The van der Waals surface area contributed by atoms with Crippen molar-refractivity contribution in [1.82, 2.24) is 4.90 Å². The van der Waals surface area contributed by atoms with Crippen molar-refractivity contribution in [3.8, 4) is 0 Å². The largest absolute Gasteiger partial charge is 0.409 e. The summed E-state index contributed by atoms with van der Waals surface area (Å²) in [6.45, 7) is 0.546. The van der Waals surface area contributed by atoms with E-state index in [0.717, 1.165) is 25.7 Å². The molecule has 1 aromatic carbocycles. The molecular formula is C16H23N3O2. The van der Waals surface area contributed by atoms with Gasteiger partial charge in [-0.3, -0.25) is 4.79 Å². The van der Waals surface area contributed by atoms with E-state index in [1.165, 1.54) is 5.56 Å². The zero-order valence-corrected chi connectivity index (χ0v) is 12.2. The summed E-state index contributed by atoms with van der Waals surface area (Å²) in [5.74, 6) is 0.358. The highest BCUT2D eigenvalue weighted by atomic mass is 16.4. The lowest BCUT2D eigenvalue weighted by Gasteiger charge is -2.22. The van der Waals surface area contributed by atoms with Crippen molar-refractivity contribution in [2.75, 3.05) is 6.54 Å². The molecule has 114 valence electrons. The van der Waals surface area contributed by atoms with Gasteiger partial charge in [-0.05, 0) is 31.2 Å². The van der Waals surface area contributed by atoms with Gasteiger partial charge in [0, 0.05) is 25.4 Å². The van der Waals surface area contributed by atoms with Gasteiger partial charge in [0.2, 0.25) is 5.91 Å². The fraction of sp³-hybridized carbons (Fsp3) is 0.500. The molecule has 1 aliphatic carbocycles. The molecule has 1 aliphatic rings. The zero-order valence-electron chi connectivity index (χ0n) is 12.2. The Hall–Kier alpha value is -2.04. The summed E-state index contributed by atoms with van der Waals surface area (Å²) in [7, 11) is 0. The lowest BCUT2D eigenvalue weighted by atomic mass is 10.1. The first-order valence-corrected chi connectivity index (χ1v) is 7.50. The van der Waals surface area contributed by atoms with Gasteiger partial charge in [0.1, 0.15) is 5.84 Å². The number of nitrogens with two attached hydrogens (primary N) is 1. The number of hydrogen-bond acceptors (Lipinski definition) is 3. The van der Waals surface area contributed by atoms with E-state index >= 15 is 0 Å². The average molecular weight is 289 g/mol. The van der Waals surface area contributed by atoms with Crippen molar-refractivity contribution < 1.29 is 10.0 Å². The molecule has 0 atom stereocenters. The monoisotopic (exact) mass is 289 g/mol. The van der Waals surface area contributed by atoms with Gasteiger partial charge in [-0.1, -0.05) is 35.5 Å². The van der Waals surface area contributed by atoms with Crippen LogP contribution in [0, 0.1) is 0 Å². The third-order valence-electron chi connectivity index (χ3n) is 3.74. The number of hydrogen-bond donors (Lipinski definition) is 2. The standard InChI is InChI=1S/C16H23N3O2/c17-15(18-21)11-12-19(14-9-10-14)16(20)8-4-7-13-5-2-1-3-6-13/h1-3,5-6,14,21H,4,7-12H2,(H2,17,18). The van der Waals surface area contributed by atoms with Gasteiger partial charge in [0.15, 0.2) is 0 Å². The summed E-state index contributed by atoms with van der Waals surface area (Å²) in [5.41, 5.74) is 6.74. The van der Waals surface area contributed by atoms with E-state index in [4.69, 9.17) is 10.9 Å². The Morgan fingerprint density at radius 3 is 2.62 bits per heavy atom. The second-order valence-electron chi connectivity index (χ2n) is 5.50. The van der Waals surface area contributed by atoms with Crippen LogP contribution in [0.1, 0.15) is 37.7 Å². The number of nitrogens with zero attached hydrogens (tertiary/aromatic N) is 2. The van der Waals surface area contributed by atoms with Gasteiger partial charge in [-0.25, -0.2) is 0 Å². The van der Waals surface area contributed by atoms with E-state index in [1.807, 2.05) is 23.1 Å². The van der Waals surface area contributed by atoms with Gasteiger partial charge < -0.3 is 15.8 Å². The smallest absolute Gasteiger partial charge is 0.222 e. The van der Waals surface area contributed by atoms with E-state index in [9.17, 15) is 4.79 Å². The average Bonchev–Trinajstić information content (AvgIpc) is 3.33. The van der Waals surface area contributed by atoms with Crippen LogP contribution in [0.2, 0.25) is 0 Å². The van der Waals surface area contributed by atoms with Crippen LogP contribution in [0.4, 0.5) is 0 Å². The summed E-state index contributed by atoms with van der Waals surface area (Å²) < 4.78 is 0. The van der Waals surface area contributed by atoms with Gasteiger partial charge >= 0.3 is 0 Å². The Balaban J connectivity index is 1.76. The zero-order chi connectivity index (χ0) is 15.1.